The highest BCUT2D eigenvalue weighted by atomic mass is 19.1. The van der Waals surface area contributed by atoms with E-state index in [1.165, 1.54) is 12.1 Å². The van der Waals surface area contributed by atoms with E-state index in [-0.39, 0.29) is 12.0 Å². The van der Waals surface area contributed by atoms with Gasteiger partial charge in [0.1, 0.15) is 11.6 Å². The third-order valence-corrected chi connectivity index (χ3v) is 2.75. The number of halogens is 2. The third kappa shape index (κ3) is 3.75. The molecule has 0 saturated heterocycles. The van der Waals surface area contributed by atoms with Crippen LogP contribution in [0, 0.1) is 11.6 Å². The summed E-state index contributed by atoms with van der Waals surface area (Å²) in [5.74, 6) is -1.26. The van der Waals surface area contributed by atoms with Crippen molar-refractivity contribution in [2.45, 2.75) is 38.9 Å². The first kappa shape index (κ1) is 14.1. The molecule has 0 aliphatic rings. The smallest absolute Gasteiger partial charge is 0.129 e. The molecule has 1 aromatic rings. The fourth-order valence-electron chi connectivity index (χ4n) is 1.61. The van der Waals surface area contributed by atoms with Crippen LogP contribution in [-0.4, -0.2) is 23.4 Å². The van der Waals surface area contributed by atoms with Crippen molar-refractivity contribution < 1.29 is 18.6 Å². The van der Waals surface area contributed by atoms with Gasteiger partial charge in [-0.25, -0.2) is 8.78 Å². The maximum Gasteiger partial charge on any atom is 0.129 e. The molecule has 0 aromatic heterocycles. The zero-order valence-electron chi connectivity index (χ0n) is 10.3. The number of hydrogen-bond acceptors (Lipinski definition) is 2. The van der Waals surface area contributed by atoms with Gasteiger partial charge in [0, 0.05) is 19.1 Å². The lowest BCUT2D eigenvalue weighted by Gasteiger charge is -2.30. The molecule has 1 unspecified atom stereocenters. The molecular formula is C13H18F2O2. The van der Waals surface area contributed by atoms with E-state index in [1.807, 2.05) is 6.92 Å². The van der Waals surface area contributed by atoms with Crippen molar-refractivity contribution in [3.05, 3.63) is 35.4 Å². The highest BCUT2D eigenvalue weighted by Gasteiger charge is 2.29. The van der Waals surface area contributed by atoms with Gasteiger partial charge in [-0.3, -0.25) is 0 Å². The van der Waals surface area contributed by atoms with Crippen molar-refractivity contribution in [1.82, 2.24) is 0 Å². The summed E-state index contributed by atoms with van der Waals surface area (Å²) in [7, 11) is 0. The third-order valence-electron chi connectivity index (χ3n) is 2.75. The van der Waals surface area contributed by atoms with Crippen molar-refractivity contribution in [3.63, 3.8) is 0 Å². The number of ether oxygens (including phenoxy) is 1. The van der Waals surface area contributed by atoms with Crippen LogP contribution in [0.25, 0.3) is 0 Å². The summed E-state index contributed by atoms with van der Waals surface area (Å²) in [6.07, 6.45) is -0.749. The van der Waals surface area contributed by atoms with Gasteiger partial charge in [0.25, 0.3) is 0 Å². The number of aliphatic hydroxyl groups excluding tert-OH is 1. The molecule has 0 aliphatic carbocycles. The number of benzene rings is 1. The molecule has 0 amide bonds. The first-order valence-corrected chi connectivity index (χ1v) is 5.62. The van der Waals surface area contributed by atoms with E-state index >= 15 is 0 Å². The van der Waals surface area contributed by atoms with Crippen LogP contribution in [-0.2, 0) is 11.2 Å². The fraction of sp³-hybridized carbons (Fsp3) is 0.538. The average Bonchev–Trinajstić information content (AvgIpc) is 2.22. The van der Waals surface area contributed by atoms with E-state index in [4.69, 9.17) is 4.74 Å². The number of rotatable bonds is 5. The van der Waals surface area contributed by atoms with Crippen LogP contribution in [0.2, 0.25) is 0 Å². The second-order valence-electron chi connectivity index (χ2n) is 4.49. The average molecular weight is 244 g/mol. The van der Waals surface area contributed by atoms with Crippen LogP contribution in [0.5, 0.6) is 0 Å². The fourth-order valence-corrected chi connectivity index (χ4v) is 1.61. The number of hydrogen-bond donors (Lipinski definition) is 1. The van der Waals surface area contributed by atoms with E-state index in [0.29, 0.717) is 6.61 Å². The van der Waals surface area contributed by atoms with Crippen molar-refractivity contribution in [2.24, 2.45) is 0 Å². The summed E-state index contributed by atoms with van der Waals surface area (Å²) in [5.41, 5.74) is -0.470. The molecule has 0 spiro atoms. The van der Waals surface area contributed by atoms with Crippen LogP contribution in [0.3, 0.4) is 0 Å². The molecule has 1 N–H and O–H groups in total. The van der Waals surface area contributed by atoms with Gasteiger partial charge in [-0.2, -0.15) is 0 Å². The molecular weight excluding hydrogens is 226 g/mol. The molecule has 0 aliphatic heterocycles. The van der Waals surface area contributed by atoms with Crippen molar-refractivity contribution in [2.75, 3.05) is 6.61 Å². The summed E-state index contributed by atoms with van der Waals surface area (Å²) >= 11 is 0. The lowest BCUT2D eigenvalue weighted by Crippen LogP contribution is -2.40. The zero-order valence-corrected chi connectivity index (χ0v) is 10.3. The molecule has 0 saturated carbocycles. The monoisotopic (exact) mass is 244 g/mol. The van der Waals surface area contributed by atoms with Crippen LogP contribution in [0.15, 0.2) is 18.2 Å². The highest BCUT2D eigenvalue weighted by molar-refractivity contribution is 5.19. The zero-order chi connectivity index (χ0) is 13.1. The molecule has 1 rings (SSSR count). The Morgan fingerprint density at radius 3 is 2.53 bits per heavy atom. The SMILES string of the molecule is CCOC(C)(C)C(O)Cc1ccc(F)cc1F. The summed E-state index contributed by atoms with van der Waals surface area (Å²) < 4.78 is 31.5. The van der Waals surface area contributed by atoms with Crippen LogP contribution < -0.4 is 0 Å². The van der Waals surface area contributed by atoms with Gasteiger partial charge in [0.05, 0.1) is 11.7 Å². The van der Waals surface area contributed by atoms with Gasteiger partial charge in [-0.05, 0) is 32.4 Å². The first-order chi connectivity index (χ1) is 7.86. The van der Waals surface area contributed by atoms with E-state index in [9.17, 15) is 13.9 Å². The van der Waals surface area contributed by atoms with Gasteiger partial charge in [0.15, 0.2) is 0 Å². The minimum absolute atomic E-state index is 0.0963. The maximum atomic E-state index is 13.4. The Bertz CT molecular complexity index is 378. The quantitative estimate of drug-likeness (QED) is 0.863. The highest BCUT2D eigenvalue weighted by Crippen LogP contribution is 2.20. The Balaban J connectivity index is 2.77. The van der Waals surface area contributed by atoms with Crippen LogP contribution >= 0.6 is 0 Å². The second-order valence-corrected chi connectivity index (χ2v) is 4.49. The molecule has 1 atom stereocenters. The minimum atomic E-state index is -0.845. The van der Waals surface area contributed by atoms with E-state index in [2.05, 4.69) is 0 Å². The molecule has 0 bridgehead atoms. The summed E-state index contributed by atoms with van der Waals surface area (Å²) in [4.78, 5) is 0. The predicted molar refractivity (Wildman–Crippen MR) is 61.8 cm³/mol. The van der Waals surface area contributed by atoms with Gasteiger partial charge in [-0.15, -0.1) is 0 Å². The molecule has 17 heavy (non-hydrogen) atoms. The van der Waals surface area contributed by atoms with Crippen molar-refractivity contribution >= 4 is 0 Å². The Hall–Kier alpha value is -1.00. The Kier molecular flexibility index (Phi) is 4.60. The van der Waals surface area contributed by atoms with Crippen molar-refractivity contribution in [1.29, 1.82) is 0 Å². The van der Waals surface area contributed by atoms with E-state index in [1.54, 1.807) is 13.8 Å². The lowest BCUT2D eigenvalue weighted by atomic mass is 9.94. The largest absolute Gasteiger partial charge is 0.390 e. The van der Waals surface area contributed by atoms with Gasteiger partial charge >= 0.3 is 0 Å². The normalized spacial score (nSPS) is 13.8. The molecule has 2 nitrogen and oxygen atoms in total. The van der Waals surface area contributed by atoms with Gasteiger partial charge in [-0.1, -0.05) is 6.07 Å². The maximum absolute atomic E-state index is 13.4. The first-order valence-electron chi connectivity index (χ1n) is 5.62. The molecule has 0 fully saturated rings. The Labute approximate surface area is 100 Å². The molecule has 0 radical (unpaired) electrons. The van der Waals surface area contributed by atoms with E-state index in [0.717, 1.165) is 6.07 Å². The molecule has 1 aromatic carbocycles. The summed E-state index contributed by atoms with van der Waals surface area (Å²) in [6, 6.07) is 3.34. The van der Waals surface area contributed by atoms with Crippen LogP contribution in [0.1, 0.15) is 26.3 Å². The van der Waals surface area contributed by atoms with Crippen LogP contribution in [0.4, 0.5) is 8.78 Å². The minimum Gasteiger partial charge on any atom is -0.390 e. The molecule has 4 heteroatoms. The second kappa shape index (κ2) is 5.56. The summed E-state index contributed by atoms with van der Waals surface area (Å²) in [5, 5.41) is 9.97. The Morgan fingerprint density at radius 1 is 1.35 bits per heavy atom. The summed E-state index contributed by atoms with van der Waals surface area (Å²) in [6.45, 7) is 5.77. The van der Waals surface area contributed by atoms with Gasteiger partial charge in [0.2, 0.25) is 0 Å². The Morgan fingerprint density at radius 2 is 2.00 bits per heavy atom. The van der Waals surface area contributed by atoms with E-state index < -0.39 is 23.3 Å². The molecule has 0 heterocycles. The standard InChI is InChI=1S/C13H18F2O2/c1-4-17-13(2,3)12(16)7-9-5-6-10(14)8-11(9)15/h5-6,8,12,16H,4,7H2,1-3H3. The predicted octanol–water partition coefficient (Wildman–Crippen LogP) is 2.68. The topological polar surface area (TPSA) is 29.5 Å². The lowest BCUT2D eigenvalue weighted by molar-refractivity contribution is -0.0957. The van der Waals surface area contributed by atoms with Crippen molar-refractivity contribution in [3.8, 4) is 0 Å². The molecule has 96 valence electrons. The van der Waals surface area contributed by atoms with Gasteiger partial charge < -0.3 is 9.84 Å². The number of aliphatic hydroxyl groups is 1.